The van der Waals surface area contributed by atoms with E-state index in [0.29, 0.717) is 0 Å². The molecule has 1 aliphatic rings. The molecule has 5 N–H and O–H groups in total. The summed E-state index contributed by atoms with van der Waals surface area (Å²) in [7, 11) is 0. The minimum Gasteiger partial charge on any atom is -0.397 e. The molecule has 33 heavy (non-hydrogen) atoms. The third-order valence-corrected chi connectivity index (χ3v) is 6.47. The van der Waals surface area contributed by atoms with Gasteiger partial charge in [-0.25, -0.2) is 17.6 Å². The lowest BCUT2D eigenvalue weighted by atomic mass is 10.1. The Morgan fingerprint density at radius 1 is 1.03 bits per heavy atom. The molecule has 13 heteroatoms. The maximum absolute atomic E-state index is 14.3. The van der Waals surface area contributed by atoms with Gasteiger partial charge >= 0.3 is 0 Å². The number of rotatable bonds is 7. The number of benzene rings is 2. The Hall–Kier alpha value is -1.73. The van der Waals surface area contributed by atoms with Gasteiger partial charge in [-0.3, -0.25) is 0 Å². The van der Waals surface area contributed by atoms with Crippen LogP contribution in [0.25, 0.3) is 5.70 Å². The molecule has 2 aromatic rings. The fourth-order valence-corrected chi connectivity index (χ4v) is 4.35. The van der Waals surface area contributed by atoms with E-state index in [0.717, 1.165) is 30.0 Å². The normalized spacial score (nSPS) is 23.6. The highest BCUT2D eigenvalue weighted by atomic mass is 35.5. The molecule has 0 amide bonds. The van der Waals surface area contributed by atoms with Crippen LogP contribution >= 0.6 is 35.0 Å². The Labute approximate surface area is 200 Å². The Kier molecular flexibility index (Phi) is 8.73. The molecule has 1 saturated heterocycles. The summed E-state index contributed by atoms with van der Waals surface area (Å²) in [5, 5.41) is 22.3. The van der Waals surface area contributed by atoms with Crippen molar-refractivity contribution in [2.75, 3.05) is 13.2 Å². The lowest BCUT2D eigenvalue weighted by Gasteiger charge is -2.38. The summed E-state index contributed by atoms with van der Waals surface area (Å²) in [6, 6.07) is 3.79. The molecular weight excluding hydrogens is 511 g/mol. The largest absolute Gasteiger partial charge is 0.397 e. The van der Waals surface area contributed by atoms with Gasteiger partial charge in [0.15, 0.2) is 23.7 Å². The van der Waals surface area contributed by atoms with Crippen LogP contribution in [0, 0.1) is 23.3 Å². The average molecular weight is 529 g/mol. The van der Waals surface area contributed by atoms with E-state index in [9.17, 15) is 27.8 Å². The van der Waals surface area contributed by atoms with E-state index in [1.165, 1.54) is 12.3 Å². The second kappa shape index (κ2) is 11.1. The molecule has 1 heterocycles. The van der Waals surface area contributed by atoms with Crippen molar-refractivity contribution in [2.45, 2.75) is 28.8 Å². The lowest BCUT2D eigenvalue weighted by Crippen LogP contribution is -2.52. The predicted octanol–water partition coefficient (Wildman–Crippen LogP) is 3.61. The van der Waals surface area contributed by atoms with Crippen molar-refractivity contribution in [2.24, 2.45) is 5.73 Å². The molecule has 0 bridgehead atoms. The van der Waals surface area contributed by atoms with Gasteiger partial charge in [-0.05, 0) is 24.3 Å². The maximum atomic E-state index is 14.3. The van der Waals surface area contributed by atoms with Gasteiger partial charge in [0.1, 0.15) is 23.5 Å². The number of hydrogen-bond donors (Lipinski definition) is 4. The Bertz CT molecular complexity index is 1030. The number of aliphatic hydroxyl groups excluding tert-OH is 2. The molecule has 4 unspecified atom stereocenters. The lowest BCUT2D eigenvalue weighted by molar-refractivity contribution is -0.270. The van der Waals surface area contributed by atoms with Crippen LogP contribution in [-0.4, -0.2) is 47.3 Å². The van der Waals surface area contributed by atoms with Crippen LogP contribution in [-0.2, 0) is 9.47 Å². The molecule has 6 nitrogen and oxygen atoms in total. The van der Waals surface area contributed by atoms with Crippen LogP contribution in [0.5, 0.6) is 0 Å². The van der Waals surface area contributed by atoms with E-state index in [1.807, 2.05) is 0 Å². The van der Waals surface area contributed by atoms with Crippen LogP contribution in [0.1, 0.15) is 5.56 Å². The molecule has 2 aromatic carbocycles. The monoisotopic (exact) mass is 528 g/mol. The number of thioether (sulfide) groups is 1. The highest BCUT2D eigenvalue weighted by Crippen LogP contribution is 2.37. The Balaban J connectivity index is 1.75. The molecular formula is C20H18Cl2F4N2O4S. The van der Waals surface area contributed by atoms with E-state index in [4.69, 9.17) is 38.4 Å². The average Bonchev–Trinajstić information content (AvgIpc) is 2.76. The summed E-state index contributed by atoms with van der Waals surface area (Å²) in [5.74, 6) is -5.08. The first kappa shape index (κ1) is 25.9. The summed E-state index contributed by atoms with van der Waals surface area (Å²) in [4.78, 5) is 0.0865. The molecule has 180 valence electrons. The molecule has 1 aliphatic heterocycles. The van der Waals surface area contributed by atoms with Gasteiger partial charge in [0.05, 0.1) is 22.3 Å². The van der Waals surface area contributed by atoms with E-state index < -0.39 is 53.8 Å². The second-order valence-corrected chi connectivity index (χ2v) is 8.82. The molecule has 3 rings (SSSR count). The minimum atomic E-state index is -1.62. The summed E-state index contributed by atoms with van der Waals surface area (Å²) in [6.45, 7) is -0.612. The Morgan fingerprint density at radius 2 is 1.67 bits per heavy atom. The van der Waals surface area contributed by atoms with Crippen molar-refractivity contribution < 1.29 is 37.2 Å². The summed E-state index contributed by atoms with van der Waals surface area (Å²) in [5.41, 5.74) is 4.65. The molecule has 0 saturated carbocycles. The fourth-order valence-electron chi connectivity index (χ4n) is 2.85. The predicted molar refractivity (Wildman–Crippen MR) is 115 cm³/mol. The molecule has 1 fully saturated rings. The quantitative estimate of drug-likeness (QED) is 0.247. The summed E-state index contributed by atoms with van der Waals surface area (Å²) >= 11 is 12.6. The van der Waals surface area contributed by atoms with Gasteiger partial charge < -0.3 is 30.7 Å². The van der Waals surface area contributed by atoms with E-state index in [1.54, 1.807) is 0 Å². The zero-order valence-corrected chi connectivity index (χ0v) is 18.9. The SMILES string of the molecule is N/C(=C\NCC1OC(O)C(CO)OC1Sc1cc(Cl)c(Cl)cc1F)c1cc(F)c(F)c(F)c1. The van der Waals surface area contributed by atoms with Crippen LogP contribution in [0.4, 0.5) is 17.6 Å². The van der Waals surface area contributed by atoms with E-state index in [2.05, 4.69) is 5.32 Å². The zero-order chi connectivity index (χ0) is 24.3. The number of aliphatic hydroxyl groups is 2. The minimum absolute atomic E-state index is 0.0236. The van der Waals surface area contributed by atoms with Crippen molar-refractivity contribution in [3.8, 4) is 0 Å². The van der Waals surface area contributed by atoms with Gasteiger partial charge in [0, 0.05) is 23.2 Å². The van der Waals surface area contributed by atoms with Crippen molar-refractivity contribution in [1.29, 1.82) is 0 Å². The van der Waals surface area contributed by atoms with Gasteiger partial charge in [0.2, 0.25) is 0 Å². The number of nitrogens with one attached hydrogen (secondary N) is 1. The first-order valence-corrected chi connectivity index (χ1v) is 11.0. The van der Waals surface area contributed by atoms with Crippen molar-refractivity contribution in [1.82, 2.24) is 5.32 Å². The van der Waals surface area contributed by atoms with E-state index >= 15 is 0 Å². The van der Waals surface area contributed by atoms with Crippen LogP contribution in [0.3, 0.4) is 0 Å². The molecule has 0 aliphatic carbocycles. The van der Waals surface area contributed by atoms with Crippen molar-refractivity contribution in [3.05, 3.63) is 69.3 Å². The zero-order valence-electron chi connectivity index (χ0n) is 16.6. The highest BCUT2D eigenvalue weighted by Gasteiger charge is 2.38. The second-order valence-electron chi connectivity index (χ2n) is 6.87. The maximum Gasteiger partial charge on any atom is 0.194 e. The van der Waals surface area contributed by atoms with Crippen molar-refractivity contribution in [3.63, 3.8) is 0 Å². The smallest absolute Gasteiger partial charge is 0.194 e. The third kappa shape index (κ3) is 6.24. The summed E-state index contributed by atoms with van der Waals surface area (Å²) < 4.78 is 65.4. The Morgan fingerprint density at radius 3 is 2.30 bits per heavy atom. The first-order chi connectivity index (χ1) is 15.6. The van der Waals surface area contributed by atoms with Crippen LogP contribution < -0.4 is 11.1 Å². The van der Waals surface area contributed by atoms with Gasteiger partial charge in [-0.15, -0.1) is 0 Å². The van der Waals surface area contributed by atoms with Gasteiger partial charge in [-0.2, -0.15) is 0 Å². The van der Waals surface area contributed by atoms with Crippen molar-refractivity contribution >= 4 is 40.7 Å². The highest BCUT2D eigenvalue weighted by molar-refractivity contribution is 7.99. The fraction of sp³-hybridized carbons (Fsp3) is 0.300. The standard InChI is InChI=1S/C20H18Cl2F4N2O4S/c21-9-3-11(23)17(4-10(9)22)33-20-15(31-19(30)16(7-29)32-20)6-28-5-14(27)8-1-12(24)18(26)13(25)2-8/h1-5,15-16,19-20,28-30H,6-7,27H2/b14-5-. The topological polar surface area (TPSA) is 97.0 Å². The molecule has 0 radical (unpaired) electrons. The number of halogens is 6. The van der Waals surface area contributed by atoms with Gasteiger partial charge in [-0.1, -0.05) is 35.0 Å². The number of hydrogen-bond acceptors (Lipinski definition) is 7. The molecule has 4 atom stereocenters. The number of nitrogens with two attached hydrogens (primary N) is 1. The van der Waals surface area contributed by atoms with E-state index in [-0.39, 0.29) is 32.7 Å². The van der Waals surface area contributed by atoms with Crippen LogP contribution in [0.2, 0.25) is 10.0 Å². The molecule has 0 aromatic heterocycles. The molecule has 0 spiro atoms. The first-order valence-electron chi connectivity index (χ1n) is 9.35. The number of ether oxygens (including phenoxy) is 2. The van der Waals surface area contributed by atoms with Gasteiger partial charge in [0.25, 0.3) is 0 Å². The third-order valence-electron chi connectivity index (χ3n) is 4.54. The summed E-state index contributed by atoms with van der Waals surface area (Å²) in [6.07, 6.45) is -2.26. The van der Waals surface area contributed by atoms with Crippen LogP contribution in [0.15, 0.2) is 35.4 Å².